The fourth-order valence-electron chi connectivity index (χ4n) is 4.08. The summed E-state index contributed by atoms with van der Waals surface area (Å²) in [6.07, 6.45) is 10.5. The number of carboxylic acid groups (broad SMARTS) is 1. The van der Waals surface area contributed by atoms with Crippen molar-refractivity contribution in [1.29, 1.82) is 0 Å². The first-order valence-corrected chi connectivity index (χ1v) is 7.80. The first-order chi connectivity index (χ1) is 8.58. The summed E-state index contributed by atoms with van der Waals surface area (Å²) < 4.78 is 0. The van der Waals surface area contributed by atoms with E-state index in [1.807, 2.05) is 6.92 Å². The Kier molecular flexibility index (Phi) is 4.69. The molecule has 1 N–H and O–H groups in total. The van der Waals surface area contributed by atoms with Crippen molar-refractivity contribution >= 4 is 5.97 Å². The number of hydrogen-bond donors (Lipinski definition) is 1. The number of carbonyl (C=O) groups is 1. The Morgan fingerprint density at radius 2 is 1.39 bits per heavy atom. The standard InChI is InChI=1S/C16H28O2/c1-11-3-5-14(6-4-11)15-9-7-13(8-10-15)12(2)16(17)18/h11-15H,3-10H2,1-2H3,(H,17,18). The molecule has 0 saturated heterocycles. The Morgan fingerprint density at radius 1 is 0.944 bits per heavy atom. The van der Waals surface area contributed by atoms with Gasteiger partial charge in [0.05, 0.1) is 5.92 Å². The second kappa shape index (κ2) is 6.08. The van der Waals surface area contributed by atoms with Gasteiger partial charge in [-0.15, -0.1) is 0 Å². The summed E-state index contributed by atoms with van der Waals surface area (Å²) in [5, 5.41) is 9.08. The molecule has 18 heavy (non-hydrogen) atoms. The predicted molar refractivity (Wildman–Crippen MR) is 73.4 cm³/mol. The van der Waals surface area contributed by atoms with E-state index in [0.29, 0.717) is 5.92 Å². The molecule has 0 aromatic rings. The van der Waals surface area contributed by atoms with Crippen LogP contribution in [0.5, 0.6) is 0 Å². The molecule has 2 aliphatic carbocycles. The van der Waals surface area contributed by atoms with Crippen molar-refractivity contribution in [3.05, 3.63) is 0 Å². The minimum Gasteiger partial charge on any atom is -0.481 e. The molecule has 2 saturated carbocycles. The first kappa shape index (κ1) is 13.9. The van der Waals surface area contributed by atoms with E-state index in [-0.39, 0.29) is 5.92 Å². The second-order valence-electron chi connectivity index (χ2n) is 6.82. The van der Waals surface area contributed by atoms with Crippen molar-refractivity contribution in [2.24, 2.45) is 29.6 Å². The first-order valence-electron chi connectivity index (χ1n) is 7.80. The van der Waals surface area contributed by atoms with E-state index in [1.165, 1.54) is 38.5 Å². The molecule has 0 heterocycles. The lowest BCUT2D eigenvalue weighted by atomic mass is 9.68. The molecule has 1 atom stereocenters. The van der Waals surface area contributed by atoms with Crippen molar-refractivity contribution in [3.8, 4) is 0 Å². The van der Waals surface area contributed by atoms with Crippen LogP contribution in [0.25, 0.3) is 0 Å². The van der Waals surface area contributed by atoms with E-state index in [1.54, 1.807) is 0 Å². The molecule has 2 rings (SSSR count). The summed E-state index contributed by atoms with van der Waals surface area (Å²) in [5.41, 5.74) is 0. The molecule has 0 bridgehead atoms. The Morgan fingerprint density at radius 3 is 1.83 bits per heavy atom. The van der Waals surface area contributed by atoms with Crippen LogP contribution in [0.4, 0.5) is 0 Å². The fraction of sp³-hybridized carbons (Fsp3) is 0.938. The summed E-state index contributed by atoms with van der Waals surface area (Å²) in [6, 6.07) is 0. The average molecular weight is 252 g/mol. The molecule has 0 aliphatic heterocycles. The number of hydrogen-bond acceptors (Lipinski definition) is 1. The number of rotatable bonds is 3. The van der Waals surface area contributed by atoms with E-state index < -0.39 is 5.97 Å². The molecule has 0 radical (unpaired) electrons. The maximum Gasteiger partial charge on any atom is 0.306 e. The van der Waals surface area contributed by atoms with Crippen molar-refractivity contribution in [2.45, 2.75) is 65.2 Å². The Balaban J connectivity index is 1.78. The molecular weight excluding hydrogens is 224 g/mol. The zero-order valence-electron chi connectivity index (χ0n) is 11.9. The van der Waals surface area contributed by atoms with Crippen LogP contribution in [0.15, 0.2) is 0 Å². The Hall–Kier alpha value is -0.530. The van der Waals surface area contributed by atoms with Crippen LogP contribution in [-0.2, 0) is 4.79 Å². The third-order valence-corrected chi connectivity index (χ3v) is 5.64. The SMILES string of the molecule is CC1CCC(C2CCC(C(C)C(=O)O)CC2)CC1. The van der Waals surface area contributed by atoms with Gasteiger partial charge in [0.2, 0.25) is 0 Å². The lowest BCUT2D eigenvalue weighted by Gasteiger charge is -2.38. The van der Waals surface area contributed by atoms with Gasteiger partial charge in [0.1, 0.15) is 0 Å². The molecule has 0 spiro atoms. The second-order valence-corrected chi connectivity index (χ2v) is 6.82. The van der Waals surface area contributed by atoms with Gasteiger partial charge < -0.3 is 5.11 Å². The van der Waals surface area contributed by atoms with Gasteiger partial charge in [0.25, 0.3) is 0 Å². The van der Waals surface area contributed by atoms with Crippen molar-refractivity contribution in [1.82, 2.24) is 0 Å². The minimum absolute atomic E-state index is 0.141. The zero-order valence-corrected chi connectivity index (χ0v) is 11.9. The van der Waals surface area contributed by atoms with Crippen LogP contribution in [0.2, 0.25) is 0 Å². The van der Waals surface area contributed by atoms with Gasteiger partial charge in [0, 0.05) is 0 Å². The summed E-state index contributed by atoms with van der Waals surface area (Å²) in [6.45, 7) is 4.26. The Labute approximate surface area is 111 Å². The topological polar surface area (TPSA) is 37.3 Å². The lowest BCUT2D eigenvalue weighted by Crippen LogP contribution is -2.29. The third-order valence-electron chi connectivity index (χ3n) is 5.64. The molecule has 1 unspecified atom stereocenters. The van der Waals surface area contributed by atoms with E-state index >= 15 is 0 Å². The molecule has 0 aromatic heterocycles. The van der Waals surface area contributed by atoms with Gasteiger partial charge in [-0.25, -0.2) is 0 Å². The van der Waals surface area contributed by atoms with Crippen LogP contribution in [0, 0.1) is 29.6 Å². The smallest absolute Gasteiger partial charge is 0.306 e. The monoisotopic (exact) mass is 252 g/mol. The molecular formula is C16H28O2. The van der Waals surface area contributed by atoms with Crippen LogP contribution in [0.3, 0.4) is 0 Å². The summed E-state index contributed by atoms with van der Waals surface area (Å²) in [4.78, 5) is 11.0. The summed E-state index contributed by atoms with van der Waals surface area (Å²) in [7, 11) is 0. The van der Waals surface area contributed by atoms with Gasteiger partial charge in [-0.3, -0.25) is 4.79 Å². The molecule has 104 valence electrons. The Bertz CT molecular complexity index is 271. The van der Waals surface area contributed by atoms with E-state index in [0.717, 1.165) is 30.6 Å². The molecule has 2 nitrogen and oxygen atoms in total. The van der Waals surface area contributed by atoms with Gasteiger partial charge in [-0.2, -0.15) is 0 Å². The number of aliphatic carboxylic acids is 1. The van der Waals surface area contributed by atoms with E-state index in [4.69, 9.17) is 5.11 Å². The third kappa shape index (κ3) is 3.27. The highest BCUT2D eigenvalue weighted by Gasteiger charge is 2.33. The highest BCUT2D eigenvalue weighted by Crippen LogP contribution is 2.42. The molecule has 0 amide bonds. The van der Waals surface area contributed by atoms with Crippen molar-refractivity contribution in [2.75, 3.05) is 0 Å². The van der Waals surface area contributed by atoms with Gasteiger partial charge in [-0.05, 0) is 62.2 Å². The molecule has 0 aromatic carbocycles. The van der Waals surface area contributed by atoms with Crippen molar-refractivity contribution in [3.63, 3.8) is 0 Å². The van der Waals surface area contributed by atoms with Crippen LogP contribution >= 0.6 is 0 Å². The molecule has 2 fully saturated rings. The van der Waals surface area contributed by atoms with E-state index in [2.05, 4.69) is 6.92 Å². The lowest BCUT2D eigenvalue weighted by molar-refractivity contribution is -0.143. The van der Waals surface area contributed by atoms with Crippen LogP contribution in [0.1, 0.15) is 65.2 Å². The van der Waals surface area contributed by atoms with Gasteiger partial charge in [-0.1, -0.05) is 26.7 Å². The normalized spacial score (nSPS) is 39.2. The molecule has 2 heteroatoms. The summed E-state index contributed by atoms with van der Waals surface area (Å²) >= 11 is 0. The highest BCUT2D eigenvalue weighted by atomic mass is 16.4. The van der Waals surface area contributed by atoms with Crippen LogP contribution < -0.4 is 0 Å². The minimum atomic E-state index is -0.607. The number of carboxylic acids is 1. The fourth-order valence-corrected chi connectivity index (χ4v) is 4.08. The van der Waals surface area contributed by atoms with Crippen molar-refractivity contribution < 1.29 is 9.90 Å². The predicted octanol–water partition coefficient (Wildman–Crippen LogP) is 4.34. The van der Waals surface area contributed by atoms with E-state index in [9.17, 15) is 4.79 Å². The highest BCUT2D eigenvalue weighted by molar-refractivity contribution is 5.69. The van der Waals surface area contributed by atoms with Gasteiger partial charge in [0.15, 0.2) is 0 Å². The maximum atomic E-state index is 11.0. The average Bonchev–Trinajstić information content (AvgIpc) is 2.39. The molecule has 2 aliphatic rings. The zero-order chi connectivity index (χ0) is 13.1. The maximum absolute atomic E-state index is 11.0. The summed E-state index contributed by atoms with van der Waals surface area (Å²) in [5.74, 6) is 2.46. The largest absolute Gasteiger partial charge is 0.481 e. The van der Waals surface area contributed by atoms with Gasteiger partial charge >= 0.3 is 5.97 Å². The van der Waals surface area contributed by atoms with Crippen LogP contribution in [-0.4, -0.2) is 11.1 Å². The quantitative estimate of drug-likeness (QED) is 0.811.